The first-order valence-electron chi connectivity index (χ1n) is 11.0. The number of fused-ring (bicyclic) bond motifs is 5. The molecule has 0 radical (unpaired) electrons. The average molecular weight is 409 g/mol. The Kier molecular flexibility index (Phi) is 4.76. The monoisotopic (exact) mass is 408 g/mol. The molecule has 0 aromatic carbocycles. The van der Waals surface area contributed by atoms with Crippen LogP contribution in [0.25, 0.3) is 0 Å². The number of ether oxygens (including phenoxy) is 1. The highest BCUT2D eigenvalue weighted by Gasteiger charge is 2.86. The fourth-order valence-corrected chi connectivity index (χ4v) is 9.96. The summed E-state index contributed by atoms with van der Waals surface area (Å²) in [5.74, 6) is 5.89. The van der Waals surface area contributed by atoms with Crippen molar-refractivity contribution >= 4 is 33.8 Å². The van der Waals surface area contributed by atoms with Crippen LogP contribution in [0, 0.1) is 35.5 Å². The molecule has 0 amide bonds. The molecule has 0 bridgehead atoms. The molecule has 0 aromatic rings. The Morgan fingerprint density at radius 1 is 1.04 bits per heavy atom. The molecular formula is C22H32O3S2. The van der Waals surface area contributed by atoms with Crippen LogP contribution in [-0.2, 0) is 14.3 Å². The molecule has 0 N–H and O–H groups in total. The van der Waals surface area contributed by atoms with Crippen molar-refractivity contribution in [2.24, 2.45) is 35.5 Å². The van der Waals surface area contributed by atoms with E-state index in [1.165, 1.54) is 50.3 Å². The zero-order chi connectivity index (χ0) is 18.8. The van der Waals surface area contributed by atoms with E-state index in [2.05, 4.69) is 0 Å². The van der Waals surface area contributed by atoms with Gasteiger partial charge in [0.2, 0.25) is 0 Å². The Morgan fingerprint density at radius 2 is 1.85 bits per heavy atom. The van der Waals surface area contributed by atoms with Crippen LogP contribution in [0.1, 0.15) is 65.2 Å². The van der Waals surface area contributed by atoms with Crippen molar-refractivity contribution < 1.29 is 14.3 Å². The molecule has 5 fully saturated rings. The van der Waals surface area contributed by atoms with Crippen molar-refractivity contribution in [1.29, 1.82) is 0 Å². The van der Waals surface area contributed by atoms with Crippen LogP contribution in [0.3, 0.4) is 0 Å². The lowest BCUT2D eigenvalue weighted by atomic mass is 9.48. The lowest BCUT2D eigenvalue weighted by Gasteiger charge is -2.58. The maximum Gasteiger partial charge on any atom is 0.186 e. The third kappa shape index (κ3) is 2.73. The Morgan fingerprint density at radius 3 is 2.63 bits per heavy atom. The van der Waals surface area contributed by atoms with Gasteiger partial charge in [0.25, 0.3) is 0 Å². The molecular weight excluding hydrogens is 376 g/mol. The Hall–Kier alpha value is -0.0000000000000000555. The molecule has 0 aliphatic heterocycles. The van der Waals surface area contributed by atoms with Gasteiger partial charge in [0, 0.05) is 26.2 Å². The molecule has 27 heavy (non-hydrogen) atoms. The predicted octanol–water partition coefficient (Wildman–Crippen LogP) is 4.93. The summed E-state index contributed by atoms with van der Waals surface area (Å²) in [5.41, 5.74) is -0.0243. The van der Waals surface area contributed by atoms with Crippen LogP contribution >= 0.6 is 23.5 Å². The van der Waals surface area contributed by atoms with Crippen molar-refractivity contribution in [3.05, 3.63) is 0 Å². The Labute approximate surface area is 171 Å². The minimum absolute atomic E-state index is 0.0243. The number of hydrogen-bond acceptors (Lipinski definition) is 5. The first-order valence-corrected chi connectivity index (χ1v) is 12.8. The first kappa shape index (κ1) is 19.0. The van der Waals surface area contributed by atoms with Crippen LogP contribution < -0.4 is 0 Å². The number of carbonyl (C=O) groups is 2. The zero-order valence-corrected chi connectivity index (χ0v) is 18.2. The van der Waals surface area contributed by atoms with E-state index in [-0.39, 0.29) is 20.6 Å². The van der Waals surface area contributed by atoms with Gasteiger partial charge in [-0.05, 0) is 67.6 Å². The average Bonchev–Trinajstić information content (AvgIpc) is 3.16. The summed E-state index contributed by atoms with van der Waals surface area (Å²) in [6, 6.07) is 0. The number of thioether (sulfide) groups is 2. The molecule has 8 atom stereocenters. The third-order valence-electron chi connectivity index (χ3n) is 8.62. The standard InChI is InChI=1S/C22H32O3S2/c1-13(23)26-9-5-8-25-21-12-22(21,27-14(2)24)19-10-15-6-3-4-7-16(15)17-11-18(21)20(17)19/h15-20H,3-12H2,1-2H3. The normalized spacial score (nSPS) is 48.8. The van der Waals surface area contributed by atoms with E-state index in [0.717, 1.165) is 48.9 Å². The van der Waals surface area contributed by atoms with Gasteiger partial charge < -0.3 is 4.74 Å². The van der Waals surface area contributed by atoms with E-state index in [9.17, 15) is 9.59 Å². The highest BCUT2D eigenvalue weighted by Crippen LogP contribution is 2.84. The van der Waals surface area contributed by atoms with Gasteiger partial charge in [0.05, 0.1) is 10.3 Å². The fraction of sp³-hybridized carbons (Fsp3) is 0.909. The largest absolute Gasteiger partial charge is 0.373 e. The van der Waals surface area contributed by atoms with Gasteiger partial charge >= 0.3 is 0 Å². The smallest absolute Gasteiger partial charge is 0.186 e. The molecule has 0 heterocycles. The molecule has 0 saturated heterocycles. The van der Waals surface area contributed by atoms with Crippen LogP contribution in [-0.4, -0.2) is 32.9 Å². The van der Waals surface area contributed by atoms with E-state index in [0.29, 0.717) is 11.8 Å². The van der Waals surface area contributed by atoms with E-state index >= 15 is 0 Å². The van der Waals surface area contributed by atoms with Crippen molar-refractivity contribution in [2.45, 2.75) is 75.6 Å². The molecule has 5 saturated carbocycles. The van der Waals surface area contributed by atoms with E-state index < -0.39 is 0 Å². The molecule has 5 heteroatoms. The van der Waals surface area contributed by atoms with Crippen molar-refractivity contribution in [3.63, 3.8) is 0 Å². The molecule has 5 rings (SSSR count). The molecule has 5 aliphatic carbocycles. The van der Waals surface area contributed by atoms with Crippen molar-refractivity contribution in [2.75, 3.05) is 12.4 Å². The molecule has 150 valence electrons. The van der Waals surface area contributed by atoms with Gasteiger partial charge in [-0.25, -0.2) is 0 Å². The fourth-order valence-electron chi connectivity index (χ4n) is 7.83. The molecule has 5 aliphatic rings. The quantitative estimate of drug-likeness (QED) is 0.583. The maximum absolute atomic E-state index is 12.2. The van der Waals surface area contributed by atoms with Gasteiger partial charge in [-0.3, -0.25) is 9.59 Å². The second-order valence-electron chi connectivity index (χ2n) is 9.73. The van der Waals surface area contributed by atoms with Gasteiger partial charge in [-0.2, -0.15) is 0 Å². The van der Waals surface area contributed by atoms with Gasteiger partial charge in [0.15, 0.2) is 10.2 Å². The second kappa shape index (κ2) is 6.77. The lowest BCUT2D eigenvalue weighted by Crippen LogP contribution is -2.53. The van der Waals surface area contributed by atoms with E-state index in [1.807, 2.05) is 0 Å². The second-order valence-corrected chi connectivity index (χ2v) is 12.5. The molecule has 8 unspecified atom stereocenters. The number of carbonyl (C=O) groups excluding carboxylic acids is 2. The summed E-state index contributed by atoms with van der Waals surface area (Å²) in [6.45, 7) is 4.12. The highest BCUT2D eigenvalue weighted by atomic mass is 32.2. The van der Waals surface area contributed by atoms with Gasteiger partial charge in [-0.15, -0.1) is 0 Å². The Balaban J connectivity index is 1.33. The zero-order valence-electron chi connectivity index (χ0n) is 16.6. The number of hydrogen-bond donors (Lipinski definition) is 0. The van der Waals surface area contributed by atoms with Crippen LogP contribution in [0.15, 0.2) is 0 Å². The molecule has 3 nitrogen and oxygen atoms in total. The predicted molar refractivity (Wildman–Crippen MR) is 111 cm³/mol. The van der Waals surface area contributed by atoms with Gasteiger partial charge in [0.1, 0.15) is 0 Å². The minimum atomic E-state index is -0.0243. The van der Waals surface area contributed by atoms with Crippen molar-refractivity contribution in [3.8, 4) is 0 Å². The lowest BCUT2D eigenvalue weighted by molar-refractivity contribution is -0.123. The van der Waals surface area contributed by atoms with Gasteiger partial charge in [-0.1, -0.05) is 42.8 Å². The summed E-state index contributed by atoms with van der Waals surface area (Å²) in [4.78, 5) is 23.3. The van der Waals surface area contributed by atoms with Crippen LogP contribution in [0.5, 0.6) is 0 Å². The van der Waals surface area contributed by atoms with Crippen LogP contribution in [0.2, 0.25) is 0 Å². The SMILES string of the molecule is CC(=O)SCCCOC12CC1(SC(C)=O)C1CC3CCCCC3C3CC2C31. The minimum Gasteiger partial charge on any atom is -0.373 e. The van der Waals surface area contributed by atoms with E-state index in [4.69, 9.17) is 4.74 Å². The topological polar surface area (TPSA) is 43.4 Å². The highest BCUT2D eigenvalue weighted by molar-refractivity contribution is 8.15. The van der Waals surface area contributed by atoms with Crippen molar-refractivity contribution in [1.82, 2.24) is 0 Å². The van der Waals surface area contributed by atoms with E-state index in [1.54, 1.807) is 25.6 Å². The Bertz CT molecular complexity index is 651. The summed E-state index contributed by atoms with van der Waals surface area (Å²) < 4.78 is 6.73. The maximum atomic E-state index is 12.2. The first-order chi connectivity index (χ1) is 13.0. The summed E-state index contributed by atoms with van der Waals surface area (Å²) in [5, 5.41) is 0.466. The number of rotatable bonds is 6. The molecule has 0 spiro atoms. The summed E-state index contributed by atoms with van der Waals surface area (Å²) >= 11 is 3.04. The molecule has 0 aromatic heterocycles. The third-order valence-corrected chi connectivity index (χ3v) is 11.0. The van der Waals surface area contributed by atoms with Crippen LogP contribution in [0.4, 0.5) is 0 Å². The summed E-state index contributed by atoms with van der Waals surface area (Å²) in [7, 11) is 0. The summed E-state index contributed by atoms with van der Waals surface area (Å²) in [6.07, 6.45) is 10.5.